The fraction of sp³-hybridized carbons (Fsp3) is 0.273. The molecule has 3 N–H and O–H groups in total. The number of ether oxygens (including phenoxy) is 2. The van der Waals surface area contributed by atoms with Crippen LogP contribution in [-0.4, -0.2) is 37.2 Å². The van der Waals surface area contributed by atoms with Crippen molar-refractivity contribution in [2.24, 2.45) is 0 Å². The monoisotopic (exact) mass is 254 g/mol. The van der Waals surface area contributed by atoms with Gasteiger partial charge in [0.25, 0.3) is 11.8 Å². The zero-order valence-electron chi connectivity index (χ0n) is 9.80. The Morgan fingerprint density at radius 1 is 1.11 bits per heavy atom. The number of hydrogen-bond donors (Lipinski definition) is 3. The van der Waals surface area contributed by atoms with Crippen LogP contribution in [0.25, 0.3) is 0 Å². The molecule has 0 aliphatic rings. The van der Waals surface area contributed by atoms with E-state index in [1.165, 1.54) is 31.4 Å². The van der Waals surface area contributed by atoms with Crippen LogP contribution < -0.4 is 15.6 Å². The van der Waals surface area contributed by atoms with Gasteiger partial charge < -0.3 is 14.6 Å². The van der Waals surface area contributed by atoms with E-state index in [-0.39, 0.29) is 19.0 Å². The first-order chi connectivity index (χ1) is 8.61. The molecule has 98 valence electrons. The topological polar surface area (TPSA) is 96.9 Å². The molecule has 1 rings (SSSR count). The summed E-state index contributed by atoms with van der Waals surface area (Å²) in [5, 5.41) is 9.04. The number of amides is 2. The number of hydrazine groups is 1. The number of phenolic OH excluding ortho intramolecular Hbond substituents is 1. The highest BCUT2D eigenvalue weighted by molar-refractivity contribution is 5.83. The number of hydrogen-bond acceptors (Lipinski definition) is 5. The van der Waals surface area contributed by atoms with Crippen molar-refractivity contribution in [3.8, 4) is 11.5 Å². The standard InChI is InChI=1S/C11H14N2O5/c1-17-6-10(15)12-13-11(16)7-18-9-4-2-8(14)3-5-9/h2-5,14H,6-7H2,1H3,(H,12,15)(H,13,16). The number of rotatable bonds is 5. The van der Waals surface area contributed by atoms with Crippen molar-refractivity contribution < 1.29 is 24.2 Å². The maximum absolute atomic E-state index is 11.3. The van der Waals surface area contributed by atoms with Crippen molar-refractivity contribution in [2.75, 3.05) is 20.3 Å². The molecule has 1 aromatic rings. The van der Waals surface area contributed by atoms with Crippen LogP contribution in [0.3, 0.4) is 0 Å². The summed E-state index contributed by atoms with van der Waals surface area (Å²) in [5.41, 5.74) is 4.30. The molecule has 0 unspecified atom stereocenters. The first kappa shape index (κ1) is 13.8. The van der Waals surface area contributed by atoms with E-state index in [0.717, 1.165) is 0 Å². The van der Waals surface area contributed by atoms with E-state index in [4.69, 9.17) is 9.84 Å². The minimum absolute atomic E-state index is 0.110. The fourth-order valence-corrected chi connectivity index (χ4v) is 1.03. The third kappa shape index (κ3) is 5.17. The summed E-state index contributed by atoms with van der Waals surface area (Å²) in [6.07, 6.45) is 0. The van der Waals surface area contributed by atoms with E-state index in [1.54, 1.807) is 0 Å². The highest BCUT2D eigenvalue weighted by Crippen LogP contribution is 2.15. The van der Waals surface area contributed by atoms with E-state index >= 15 is 0 Å². The summed E-state index contributed by atoms with van der Waals surface area (Å²) in [6.45, 7) is -0.392. The van der Waals surface area contributed by atoms with Crippen molar-refractivity contribution in [1.29, 1.82) is 0 Å². The van der Waals surface area contributed by atoms with Gasteiger partial charge in [-0.2, -0.15) is 0 Å². The molecule has 0 saturated heterocycles. The summed E-state index contributed by atoms with van der Waals surface area (Å²) in [7, 11) is 1.37. The summed E-state index contributed by atoms with van der Waals surface area (Å²) >= 11 is 0. The Balaban J connectivity index is 2.24. The van der Waals surface area contributed by atoms with Gasteiger partial charge in [0.1, 0.15) is 18.1 Å². The quantitative estimate of drug-likeness (QED) is 0.619. The lowest BCUT2D eigenvalue weighted by Crippen LogP contribution is -2.45. The van der Waals surface area contributed by atoms with Crippen LogP contribution in [0, 0.1) is 0 Å². The maximum Gasteiger partial charge on any atom is 0.276 e. The van der Waals surface area contributed by atoms with Gasteiger partial charge in [0, 0.05) is 7.11 Å². The van der Waals surface area contributed by atoms with Crippen molar-refractivity contribution >= 4 is 11.8 Å². The zero-order chi connectivity index (χ0) is 13.4. The predicted octanol–water partition coefficient (Wildman–Crippen LogP) is -0.435. The van der Waals surface area contributed by atoms with Gasteiger partial charge in [-0.3, -0.25) is 20.4 Å². The normalized spacial score (nSPS) is 9.61. The van der Waals surface area contributed by atoms with Gasteiger partial charge in [-0.15, -0.1) is 0 Å². The summed E-state index contributed by atoms with van der Waals surface area (Å²) in [5.74, 6) is -0.423. The Morgan fingerprint density at radius 2 is 1.67 bits per heavy atom. The largest absolute Gasteiger partial charge is 0.508 e. The van der Waals surface area contributed by atoms with Crippen molar-refractivity contribution in [1.82, 2.24) is 10.9 Å². The second kappa shape index (κ2) is 7.13. The molecule has 0 spiro atoms. The van der Waals surface area contributed by atoms with Crippen LogP contribution in [0.2, 0.25) is 0 Å². The van der Waals surface area contributed by atoms with Crippen LogP contribution in [0.15, 0.2) is 24.3 Å². The lowest BCUT2D eigenvalue weighted by Gasteiger charge is -2.08. The van der Waals surface area contributed by atoms with Gasteiger partial charge in [0.05, 0.1) is 0 Å². The van der Waals surface area contributed by atoms with Gasteiger partial charge in [0.2, 0.25) is 0 Å². The molecule has 0 radical (unpaired) electrons. The third-order valence-electron chi connectivity index (χ3n) is 1.82. The Kier molecular flexibility index (Phi) is 5.46. The summed E-state index contributed by atoms with van der Waals surface area (Å²) in [4.78, 5) is 22.2. The minimum Gasteiger partial charge on any atom is -0.508 e. The van der Waals surface area contributed by atoms with Gasteiger partial charge in [-0.25, -0.2) is 0 Å². The molecular formula is C11H14N2O5. The second-order valence-corrected chi connectivity index (χ2v) is 3.31. The smallest absolute Gasteiger partial charge is 0.276 e. The van der Waals surface area contributed by atoms with Crippen molar-refractivity contribution in [3.05, 3.63) is 24.3 Å². The van der Waals surface area contributed by atoms with Crippen molar-refractivity contribution in [3.63, 3.8) is 0 Å². The van der Waals surface area contributed by atoms with Crippen LogP contribution in [0.4, 0.5) is 0 Å². The van der Waals surface area contributed by atoms with Crippen LogP contribution in [0.5, 0.6) is 11.5 Å². The maximum atomic E-state index is 11.3. The highest BCUT2D eigenvalue weighted by atomic mass is 16.5. The third-order valence-corrected chi connectivity index (χ3v) is 1.82. The Morgan fingerprint density at radius 3 is 2.22 bits per heavy atom. The molecule has 1 aromatic carbocycles. The van der Waals surface area contributed by atoms with Crippen LogP contribution in [0.1, 0.15) is 0 Å². The Labute approximate surface area is 104 Å². The molecule has 18 heavy (non-hydrogen) atoms. The zero-order valence-corrected chi connectivity index (χ0v) is 9.80. The number of phenols is 1. The first-order valence-electron chi connectivity index (χ1n) is 5.10. The average molecular weight is 254 g/mol. The molecule has 0 aliphatic carbocycles. The molecule has 7 heteroatoms. The summed E-state index contributed by atoms with van der Waals surface area (Å²) < 4.78 is 9.67. The van der Waals surface area contributed by atoms with Crippen LogP contribution >= 0.6 is 0 Å². The van der Waals surface area contributed by atoms with Gasteiger partial charge >= 0.3 is 0 Å². The summed E-state index contributed by atoms with van der Waals surface area (Å²) in [6, 6.07) is 5.92. The highest BCUT2D eigenvalue weighted by Gasteiger charge is 2.05. The number of carbonyl (C=O) groups is 2. The molecule has 0 aromatic heterocycles. The molecule has 0 bridgehead atoms. The van der Waals surface area contributed by atoms with Gasteiger partial charge in [-0.1, -0.05) is 0 Å². The number of benzene rings is 1. The first-order valence-corrected chi connectivity index (χ1v) is 5.10. The minimum atomic E-state index is -0.507. The van der Waals surface area contributed by atoms with Crippen molar-refractivity contribution in [2.45, 2.75) is 0 Å². The number of methoxy groups -OCH3 is 1. The molecule has 2 amide bonds. The molecule has 0 heterocycles. The molecular weight excluding hydrogens is 240 g/mol. The molecule has 0 atom stereocenters. The molecule has 0 saturated carbocycles. The average Bonchev–Trinajstić information content (AvgIpc) is 2.36. The second-order valence-electron chi connectivity index (χ2n) is 3.31. The lowest BCUT2D eigenvalue weighted by molar-refractivity contribution is -0.131. The van der Waals surface area contributed by atoms with Gasteiger partial charge in [0.15, 0.2) is 6.61 Å². The van der Waals surface area contributed by atoms with Gasteiger partial charge in [-0.05, 0) is 24.3 Å². The Bertz CT molecular complexity index is 404. The lowest BCUT2D eigenvalue weighted by atomic mass is 10.3. The molecule has 7 nitrogen and oxygen atoms in total. The predicted molar refractivity (Wildman–Crippen MR) is 61.8 cm³/mol. The van der Waals surface area contributed by atoms with E-state index < -0.39 is 11.8 Å². The number of nitrogens with one attached hydrogen (secondary N) is 2. The van der Waals surface area contributed by atoms with E-state index in [2.05, 4.69) is 15.6 Å². The van der Waals surface area contributed by atoms with Crippen LogP contribution in [-0.2, 0) is 14.3 Å². The molecule has 0 aliphatic heterocycles. The van der Waals surface area contributed by atoms with E-state index in [9.17, 15) is 9.59 Å². The van der Waals surface area contributed by atoms with E-state index in [0.29, 0.717) is 5.75 Å². The Hall–Kier alpha value is -2.28. The fourth-order valence-electron chi connectivity index (χ4n) is 1.03. The van der Waals surface area contributed by atoms with E-state index in [1.807, 2.05) is 0 Å². The molecule has 0 fully saturated rings. The SMILES string of the molecule is COCC(=O)NNC(=O)COc1ccc(O)cc1. The number of aromatic hydroxyl groups is 1. The number of carbonyl (C=O) groups excluding carboxylic acids is 2.